The summed E-state index contributed by atoms with van der Waals surface area (Å²) in [5.41, 5.74) is 0.958. The first-order valence-electron chi connectivity index (χ1n) is 8.27. The van der Waals surface area contributed by atoms with Crippen molar-refractivity contribution in [3.8, 4) is 5.75 Å². The van der Waals surface area contributed by atoms with Gasteiger partial charge < -0.3 is 9.84 Å². The van der Waals surface area contributed by atoms with E-state index in [0.29, 0.717) is 11.1 Å². The van der Waals surface area contributed by atoms with E-state index in [-0.39, 0.29) is 22.9 Å². The normalized spacial score (nSPS) is 15.0. The van der Waals surface area contributed by atoms with Gasteiger partial charge in [0.15, 0.2) is 6.61 Å². The zero-order chi connectivity index (χ0) is 21.0. The second kappa shape index (κ2) is 8.57. The smallest absolute Gasteiger partial charge is 0.341 e. The minimum absolute atomic E-state index is 0.0167. The standard InChI is InChI=1S/C19H14N2O7S/c22-17(23)11-28-15-4-2-1-3-13(15)9-16-18(24)20(19(25)29-16)10-12-5-7-14(8-6-12)21(26)27/h1-9H,10-11H2,(H,22,23)/b16-9+. The third kappa shape index (κ3) is 4.79. The zero-order valence-electron chi connectivity index (χ0n) is 14.8. The van der Waals surface area contributed by atoms with E-state index in [9.17, 15) is 24.5 Å². The fourth-order valence-electron chi connectivity index (χ4n) is 2.55. The predicted octanol–water partition coefficient (Wildman–Crippen LogP) is 3.29. The molecule has 2 aromatic carbocycles. The van der Waals surface area contributed by atoms with Crippen molar-refractivity contribution in [1.29, 1.82) is 0 Å². The average Bonchev–Trinajstić information content (AvgIpc) is 2.95. The fourth-order valence-corrected chi connectivity index (χ4v) is 3.38. The fraction of sp³-hybridized carbons (Fsp3) is 0.105. The lowest BCUT2D eigenvalue weighted by Gasteiger charge is -2.12. The molecule has 29 heavy (non-hydrogen) atoms. The van der Waals surface area contributed by atoms with Crippen LogP contribution in [0.25, 0.3) is 6.08 Å². The van der Waals surface area contributed by atoms with Crippen molar-refractivity contribution in [2.75, 3.05) is 6.61 Å². The Kier molecular flexibility index (Phi) is 5.93. The molecule has 0 bridgehead atoms. The predicted molar refractivity (Wildman–Crippen MR) is 104 cm³/mol. The molecule has 0 saturated carbocycles. The van der Waals surface area contributed by atoms with Crippen LogP contribution in [0.3, 0.4) is 0 Å². The first kappa shape index (κ1) is 20.1. The highest BCUT2D eigenvalue weighted by Crippen LogP contribution is 2.35. The number of ether oxygens (including phenoxy) is 1. The molecule has 148 valence electrons. The molecule has 0 atom stereocenters. The number of nitro benzene ring substituents is 1. The number of non-ortho nitro benzene ring substituents is 1. The van der Waals surface area contributed by atoms with Crippen LogP contribution in [0.15, 0.2) is 53.4 Å². The van der Waals surface area contributed by atoms with E-state index >= 15 is 0 Å². The molecule has 0 radical (unpaired) electrons. The van der Waals surface area contributed by atoms with Gasteiger partial charge in [0.2, 0.25) is 0 Å². The molecular weight excluding hydrogens is 400 g/mol. The van der Waals surface area contributed by atoms with Crippen molar-refractivity contribution in [3.63, 3.8) is 0 Å². The van der Waals surface area contributed by atoms with Crippen molar-refractivity contribution in [3.05, 3.63) is 74.7 Å². The summed E-state index contributed by atoms with van der Waals surface area (Å²) in [6.45, 7) is -0.552. The molecule has 0 spiro atoms. The molecule has 3 rings (SSSR count). The number of para-hydroxylation sites is 1. The second-order valence-electron chi connectivity index (χ2n) is 5.91. The van der Waals surface area contributed by atoms with Gasteiger partial charge in [-0.05, 0) is 29.5 Å². The lowest BCUT2D eigenvalue weighted by atomic mass is 10.1. The van der Waals surface area contributed by atoms with Crippen LogP contribution in [0, 0.1) is 10.1 Å². The van der Waals surface area contributed by atoms with Crippen molar-refractivity contribution in [2.45, 2.75) is 6.54 Å². The number of carboxylic acids is 1. The van der Waals surface area contributed by atoms with Gasteiger partial charge in [-0.2, -0.15) is 0 Å². The number of nitro groups is 1. The lowest BCUT2D eigenvalue weighted by molar-refractivity contribution is -0.384. The summed E-state index contributed by atoms with van der Waals surface area (Å²) in [4.78, 5) is 47.0. The molecule has 1 aliphatic rings. The first-order valence-corrected chi connectivity index (χ1v) is 9.09. The second-order valence-corrected chi connectivity index (χ2v) is 6.90. The van der Waals surface area contributed by atoms with Crippen LogP contribution in [0.1, 0.15) is 11.1 Å². The van der Waals surface area contributed by atoms with Gasteiger partial charge in [-0.3, -0.25) is 24.6 Å². The van der Waals surface area contributed by atoms with Crippen molar-refractivity contribution >= 4 is 40.6 Å². The molecule has 1 saturated heterocycles. The minimum Gasteiger partial charge on any atom is -0.481 e. The maximum absolute atomic E-state index is 12.7. The molecule has 10 heteroatoms. The number of carbonyl (C=O) groups excluding carboxylic acids is 2. The Morgan fingerprint density at radius 2 is 1.86 bits per heavy atom. The van der Waals surface area contributed by atoms with E-state index in [0.717, 1.165) is 16.7 Å². The molecule has 2 aromatic rings. The number of rotatable bonds is 7. The van der Waals surface area contributed by atoms with Crippen LogP contribution in [0.2, 0.25) is 0 Å². The molecule has 9 nitrogen and oxygen atoms in total. The van der Waals surface area contributed by atoms with Crippen LogP contribution in [-0.4, -0.2) is 38.7 Å². The Morgan fingerprint density at radius 1 is 1.17 bits per heavy atom. The summed E-state index contributed by atoms with van der Waals surface area (Å²) in [6.07, 6.45) is 1.47. The third-order valence-electron chi connectivity index (χ3n) is 3.92. The highest BCUT2D eigenvalue weighted by atomic mass is 32.2. The van der Waals surface area contributed by atoms with Gasteiger partial charge in [-0.25, -0.2) is 4.79 Å². The summed E-state index contributed by atoms with van der Waals surface area (Å²) in [7, 11) is 0. The molecular formula is C19H14N2O7S. The first-order chi connectivity index (χ1) is 13.8. The largest absolute Gasteiger partial charge is 0.481 e. The highest BCUT2D eigenvalue weighted by molar-refractivity contribution is 8.18. The number of carbonyl (C=O) groups is 3. The average molecular weight is 414 g/mol. The maximum atomic E-state index is 12.7. The van der Waals surface area contributed by atoms with Crippen LogP contribution in [0.5, 0.6) is 5.75 Å². The molecule has 1 heterocycles. The van der Waals surface area contributed by atoms with E-state index in [1.165, 1.54) is 30.3 Å². The van der Waals surface area contributed by atoms with Crippen LogP contribution in [-0.2, 0) is 16.1 Å². The lowest BCUT2D eigenvalue weighted by Crippen LogP contribution is -2.27. The van der Waals surface area contributed by atoms with Crippen LogP contribution < -0.4 is 4.74 Å². The number of amides is 2. The van der Waals surface area contributed by atoms with Gasteiger partial charge in [0, 0.05) is 17.7 Å². The molecule has 0 aliphatic carbocycles. The Morgan fingerprint density at radius 3 is 2.52 bits per heavy atom. The monoisotopic (exact) mass is 414 g/mol. The van der Waals surface area contributed by atoms with E-state index in [4.69, 9.17) is 9.84 Å². The molecule has 0 aromatic heterocycles. The Bertz CT molecular complexity index is 1020. The number of nitrogens with zero attached hydrogens (tertiary/aromatic N) is 2. The quantitative estimate of drug-likeness (QED) is 0.415. The number of hydrogen-bond donors (Lipinski definition) is 1. The zero-order valence-corrected chi connectivity index (χ0v) is 15.6. The van der Waals surface area contributed by atoms with Crippen LogP contribution in [0.4, 0.5) is 10.5 Å². The number of aliphatic carboxylic acids is 1. The molecule has 0 unspecified atom stereocenters. The Labute approximate surface area is 168 Å². The number of imide groups is 1. The van der Waals surface area contributed by atoms with Crippen LogP contribution >= 0.6 is 11.8 Å². The van der Waals surface area contributed by atoms with E-state index in [1.54, 1.807) is 24.3 Å². The molecule has 1 fully saturated rings. The Hall–Kier alpha value is -3.66. The number of thioether (sulfide) groups is 1. The van der Waals surface area contributed by atoms with Crippen molar-refractivity contribution in [2.24, 2.45) is 0 Å². The summed E-state index contributed by atoms with van der Waals surface area (Å²) in [6, 6.07) is 12.1. The summed E-state index contributed by atoms with van der Waals surface area (Å²) < 4.78 is 5.21. The third-order valence-corrected chi connectivity index (χ3v) is 4.83. The maximum Gasteiger partial charge on any atom is 0.341 e. The molecule has 1 N–H and O–H groups in total. The van der Waals surface area contributed by atoms with E-state index in [2.05, 4.69) is 0 Å². The topological polar surface area (TPSA) is 127 Å². The molecule has 2 amide bonds. The van der Waals surface area contributed by atoms with Gasteiger partial charge >= 0.3 is 5.97 Å². The highest BCUT2D eigenvalue weighted by Gasteiger charge is 2.35. The minimum atomic E-state index is -1.14. The van der Waals surface area contributed by atoms with Gasteiger partial charge in [0.1, 0.15) is 5.75 Å². The van der Waals surface area contributed by atoms with Crippen molar-refractivity contribution in [1.82, 2.24) is 4.90 Å². The van der Waals surface area contributed by atoms with Gasteiger partial charge in [-0.1, -0.05) is 30.3 Å². The van der Waals surface area contributed by atoms with Gasteiger partial charge in [0.05, 0.1) is 16.4 Å². The Balaban J connectivity index is 1.78. The molecule has 1 aliphatic heterocycles. The van der Waals surface area contributed by atoms with Gasteiger partial charge in [-0.15, -0.1) is 0 Å². The number of benzene rings is 2. The summed E-state index contributed by atoms with van der Waals surface area (Å²) in [5, 5.41) is 19.0. The van der Waals surface area contributed by atoms with E-state index < -0.39 is 28.6 Å². The number of hydrogen-bond acceptors (Lipinski definition) is 7. The SMILES string of the molecule is O=C(O)COc1ccccc1/C=C1/SC(=O)N(Cc2ccc([N+](=O)[O-])cc2)C1=O. The van der Waals surface area contributed by atoms with Crippen molar-refractivity contribution < 1.29 is 29.2 Å². The summed E-state index contributed by atoms with van der Waals surface area (Å²) in [5.74, 6) is -1.37. The van der Waals surface area contributed by atoms with E-state index in [1.807, 2.05) is 0 Å². The summed E-state index contributed by atoms with van der Waals surface area (Å²) >= 11 is 0.755. The number of carboxylic acid groups (broad SMARTS) is 1. The van der Waals surface area contributed by atoms with Gasteiger partial charge in [0.25, 0.3) is 16.8 Å².